The first kappa shape index (κ1) is 14.0. The van der Waals surface area contributed by atoms with E-state index in [1.807, 2.05) is 0 Å². The van der Waals surface area contributed by atoms with Crippen molar-refractivity contribution >= 4 is 0 Å². The summed E-state index contributed by atoms with van der Waals surface area (Å²) in [6.07, 6.45) is 10.5. The van der Waals surface area contributed by atoms with Crippen molar-refractivity contribution < 1.29 is 5.11 Å². The van der Waals surface area contributed by atoms with E-state index in [0.717, 1.165) is 12.3 Å². The Hall–Kier alpha value is -0.0800. The zero-order valence-electron chi connectivity index (χ0n) is 11.0. The molecule has 16 heavy (non-hydrogen) atoms. The van der Waals surface area contributed by atoms with E-state index in [1.54, 1.807) is 0 Å². The Morgan fingerprint density at radius 2 is 1.88 bits per heavy atom. The van der Waals surface area contributed by atoms with Gasteiger partial charge in [0.15, 0.2) is 0 Å². The predicted octanol–water partition coefficient (Wildman–Crippen LogP) is 3.10. The lowest BCUT2D eigenvalue weighted by atomic mass is 9.82. The minimum Gasteiger partial charge on any atom is -0.396 e. The number of nitrogens with one attached hydrogen (secondary N) is 1. The third-order valence-electron chi connectivity index (χ3n) is 3.88. The maximum absolute atomic E-state index is 8.95. The third-order valence-corrected chi connectivity index (χ3v) is 3.88. The first-order valence-electron chi connectivity index (χ1n) is 7.14. The largest absolute Gasteiger partial charge is 0.396 e. The highest BCUT2D eigenvalue weighted by molar-refractivity contribution is 4.81. The molecule has 0 amide bonds. The van der Waals surface area contributed by atoms with Gasteiger partial charge in [-0.2, -0.15) is 0 Å². The average molecular weight is 227 g/mol. The number of rotatable bonds is 7. The first-order chi connectivity index (χ1) is 7.77. The molecule has 0 spiro atoms. The molecule has 0 heterocycles. The van der Waals surface area contributed by atoms with Crippen LogP contribution in [0.2, 0.25) is 0 Å². The van der Waals surface area contributed by atoms with Gasteiger partial charge in [-0.1, -0.05) is 32.6 Å². The zero-order valence-corrected chi connectivity index (χ0v) is 11.0. The van der Waals surface area contributed by atoms with E-state index in [2.05, 4.69) is 19.2 Å². The van der Waals surface area contributed by atoms with E-state index in [1.165, 1.54) is 44.9 Å². The van der Waals surface area contributed by atoms with Crippen LogP contribution >= 0.6 is 0 Å². The van der Waals surface area contributed by atoms with Crippen molar-refractivity contribution in [2.45, 2.75) is 77.3 Å². The van der Waals surface area contributed by atoms with Crippen molar-refractivity contribution in [3.8, 4) is 0 Å². The lowest BCUT2D eigenvalue weighted by Crippen LogP contribution is -2.42. The van der Waals surface area contributed by atoms with Crippen LogP contribution in [0.25, 0.3) is 0 Å². The van der Waals surface area contributed by atoms with Crippen molar-refractivity contribution in [1.82, 2.24) is 5.32 Å². The summed E-state index contributed by atoms with van der Waals surface area (Å²) in [4.78, 5) is 0. The molecule has 2 nitrogen and oxygen atoms in total. The average Bonchev–Trinajstić information content (AvgIpc) is 2.30. The second-order valence-corrected chi connectivity index (χ2v) is 5.37. The molecule has 0 bridgehead atoms. The molecule has 1 fully saturated rings. The minimum absolute atomic E-state index is 0.303. The molecule has 1 aliphatic carbocycles. The molecule has 0 aliphatic heterocycles. The van der Waals surface area contributed by atoms with Crippen molar-refractivity contribution in [3.05, 3.63) is 0 Å². The van der Waals surface area contributed by atoms with Gasteiger partial charge in [-0.15, -0.1) is 0 Å². The molecule has 1 rings (SSSR count). The molecule has 0 radical (unpaired) electrons. The quantitative estimate of drug-likeness (QED) is 0.700. The fourth-order valence-corrected chi connectivity index (χ4v) is 2.95. The van der Waals surface area contributed by atoms with Crippen LogP contribution in [0.1, 0.15) is 65.2 Å². The van der Waals surface area contributed by atoms with Gasteiger partial charge in [0, 0.05) is 18.7 Å². The van der Waals surface area contributed by atoms with Crippen molar-refractivity contribution in [1.29, 1.82) is 0 Å². The van der Waals surface area contributed by atoms with E-state index >= 15 is 0 Å². The molecule has 2 heteroatoms. The summed E-state index contributed by atoms with van der Waals surface area (Å²) in [5.41, 5.74) is 0. The van der Waals surface area contributed by atoms with Crippen LogP contribution in [0.4, 0.5) is 0 Å². The van der Waals surface area contributed by atoms with Gasteiger partial charge in [0.05, 0.1) is 0 Å². The Kier molecular flexibility index (Phi) is 7.06. The number of aliphatic hydroxyl groups is 1. The topological polar surface area (TPSA) is 32.3 Å². The summed E-state index contributed by atoms with van der Waals surface area (Å²) in [7, 11) is 0. The maximum Gasteiger partial charge on any atom is 0.0445 e. The Bertz CT molecular complexity index is 166. The van der Waals surface area contributed by atoms with Crippen molar-refractivity contribution in [2.24, 2.45) is 5.92 Å². The highest BCUT2D eigenvalue weighted by atomic mass is 16.3. The summed E-state index contributed by atoms with van der Waals surface area (Å²) in [5, 5.41) is 12.7. The van der Waals surface area contributed by atoms with Gasteiger partial charge >= 0.3 is 0 Å². The van der Waals surface area contributed by atoms with Gasteiger partial charge in [-0.05, 0) is 38.5 Å². The summed E-state index contributed by atoms with van der Waals surface area (Å²) in [6.45, 7) is 4.77. The second kappa shape index (κ2) is 8.08. The molecule has 2 unspecified atom stereocenters. The van der Waals surface area contributed by atoms with E-state index in [9.17, 15) is 0 Å². The molecule has 0 aromatic heterocycles. The van der Waals surface area contributed by atoms with E-state index in [4.69, 9.17) is 5.11 Å². The Morgan fingerprint density at radius 1 is 1.19 bits per heavy atom. The molecule has 96 valence electrons. The zero-order chi connectivity index (χ0) is 11.8. The molecule has 1 aliphatic rings. The van der Waals surface area contributed by atoms with Crippen LogP contribution in [0.15, 0.2) is 0 Å². The van der Waals surface area contributed by atoms with Crippen LogP contribution in [-0.2, 0) is 0 Å². The third kappa shape index (κ3) is 4.84. The molecular formula is C14H29NO. The van der Waals surface area contributed by atoms with E-state index < -0.39 is 0 Å². The normalized spacial score (nSPS) is 21.9. The Morgan fingerprint density at radius 3 is 2.44 bits per heavy atom. The van der Waals surface area contributed by atoms with Gasteiger partial charge < -0.3 is 10.4 Å². The van der Waals surface area contributed by atoms with Crippen LogP contribution in [0.3, 0.4) is 0 Å². The first-order valence-corrected chi connectivity index (χ1v) is 7.14. The van der Waals surface area contributed by atoms with Gasteiger partial charge in [-0.25, -0.2) is 0 Å². The lowest BCUT2D eigenvalue weighted by molar-refractivity contribution is 0.219. The Balaban J connectivity index is 2.38. The highest BCUT2D eigenvalue weighted by Gasteiger charge is 2.23. The lowest BCUT2D eigenvalue weighted by Gasteiger charge is -2.33. The summed E-state index contributed by atoms with van der Waals surface area (Å²) in [5.74, 6) is 0.884. The summed E-state index contributed by atoms with van der Waals surface area (Å²) in [6, 6.07) is 1.15. The van der Waals surface area contributed by atoms with Gasteiger partial charge in [0.1, 0.15) is 0 Å². The van der Waals surface area contributed by atoms with Crippen LogP contribution in [-0.4, -0.2) is 23.8 Å². The molecule has 0 aromatic carbocycles. The van der Waals surface area contributed by atoms with Gasteiger partial charge in [0.25, 0.3) is 0 Å². The number of hydrogen-bond donors (Lipinski definition) is 2. The van der Waals surface area contributed by atoms with E-state index in [-0.39, 0.29) is 0 Å². The molecule has 2 atom stereocenters. The van der Waals surface area contributed by atoms with Gasteiger partial charge in [-0.3, -0.25) is 0 Å². The fourth-order valence-electron chi connectivity index (χ4n) is 2.95. The molecule has 1 saturated carbocycles. The molecular weight excluding hydrogens is 198 g/mol. The molecule has 2 N–H and O–H groups in total. The standard InChI is InChI=1S/C14H29NO/c1-3-7-14(15-12(2)10-11-16)13-8-5-4-6-9-13/h12-16H,3-11H2,1-2H3. The van der Waals surface area contributed by atoms with Crippen molar-refractivity contribution in [3.63, 3.8) is 0 Å². The molecule has 0 aromatic rings. The summed E-state index contributed by atoms with van der Waals surface area (Å²) >= 11 is 0. The highest BCUT2D eigenvalue weighted by Crippen LogP contribution is 2.28. The molecule has 0 saturated heterocycles. The van der Waals surface area contributed by atoms with Crippen LogP contribution in [0.5, 0.6) is 0 Å². The number of hydrogen-bond acceptors (Lipinski definition) is 2. The van der Waals surface area contributed by atoms with Gasteiger partial charge in [0.2, 0.25) is 0 Å². The maximum atomic E-state index is 8.95. The smallest absolute Gasteiger partial charge is 0.0445 e. The second-order valence-electron chi connectivity index (χ2n) is 5.37. The predicted molar refractivity (Wildman–Crippen MR) is 69.6 cm³/mol. The van der Waals surface area contributed by atoms with Crippen LogP contribution in [0, 0.1) is 5.92 Å². The Labute approximate surface area is 101 Å². The summed E-state index contributed by atoms with van der Waals surface area (Å²) < 4.78 is 0. The fraction of sp³-hybridized carbons (Fsp3) is 1.00. The number of aliphatic hydroxyl groups excluding tert-OH is 1. The monoisotopic (exact) mass is 227 g/mol. The van der Waals surface area contributed by atoms with E-state index in [0.29, 0.717) is 18.7 Å². The van der Waals surface area contributed by atoms with Crippen molar-refractivity contribution in [2.75, 3.05) is 6.61 Å². The van der Waals surface area contributed by atoms with Crippen LogP contribution < -0.4 is 5.32 Å². The SMILES string of the molecule is CCCC(NC(C)CCO)C1CCCCC1. The minimum atomic E-state index is 0.303.